The average molecular weight is 163 g/mol. The zero-order valence-corrected chi connectivity index (χ0v) is 6.94. The summed E-state index contributed by atoms with van der Waals surface area (Å²) in [4.78, 5) is 7.47. The fourth-order valence-corrected chi connectivity index (χ4v) is 0.838. The average Bonchev–Trinajstić information content (AvgIpc) is 2.30. The number of imidazole rings is 1. The third kappa shape index (κ3) is 1.27. The molecule has 0 bridgehead atoms. The zero-order chi connectivity index (χ0) is 9.14. The Kier molecular flexibility index (Phi) is 2.10. The predicted octanol–water partition coefficient (Wildman–Crippen LogP) is 0.211. The lowest BCUT2D eigenvalue weighted by molar-refractivity contribution is 0.868. The Morgan fingerprint density at radius 3 is 2.83 bits per heavy atom. The van der Waals surface area contributed by atoms with Crippen LogP contribution >= 0.6 is 0 Å². The maximum absolute atomic E-state index is 8.17. The van der Waals surface area contributed by atoms with Gasteiger partial charge >= 0.3 is 0 Å². The smallest absolute Gasteiger partial charge is 0.205 e. The molecule has 0 saturated heterocycles. The SMILES string of the molecule is Cc1nc(C=NC#N)c(N)n1C. The summed E-state index contributed by atoms with van der Waals surface area (Å²) in [5, 5.41) is 8.17. The first-order chi connectivity index (χ1) is 5.66. The second kappa shape index (κ2) is 3.05. The monoisotopic (exact) mass is 163 g/mol. The van der Waals surface area contributed by atoms with Gasteiger partial charge < -0.3 is 10.3 Å². The molecule has 0 unspecified atom stereocenters. The van der Waals surface area contributed by atoms with Gasteiger partial charge in [-0.3, -0.25) is 0 Å². The van der Waals surface area contributed by atoms with E-state index >= 15 is 0 Å². The van der Waals surface area contributed by atoms with E-state index in [0.29, 0.717) is 11.5 Å². The number of aryl methyl sites for hydroxylation is 1. The summed E-state index contributed by atoms with van der Waals surface area (Å²) in [7, 11) is 1.81. The van der Waals surface area contributed by atoms with Gasteiger partial charge in [-0.05, 0) is 6.92 Å². The van der Waals surface area contributed by atoms with Crippen LogP contribution in [0.25, 0.3) is 0 Å². The van der Waals surface area contributed by atoms with Gasteiger partial charge in [0.2, 0.25) is 6.19 Å². The first kappa shape index (κ1) is 8.27. The van der Waals surface area contributed by atoms with Crippen LogP contribution in [0.4, 0.5) is 5.82 Å². The molecule has 5 heteroatoms. The third-order valence-corrected chi connectivity index (χ3v) is 1.64. The van der Waals surface area contributed by atoms with Crippen LogP contribution in [0.2, 0.25) is 0 Å². The first-order valence-corrected chi connectivity index (χ1v) is 3.37. The molecule has 1 aromatic heterocycles. The molecule has 1 aromatic rings. The van der Waals surface area contributed by atoms with E-state index in [4.69, 9.17) is 11.0 Å². The van der Waals surface area contributed by atoms with Crippen molar-refractivity contribution in [3.63, 3.8) is 0 Å². The zero-order valence-electron chi connectivity index (χ0n) is 6.94. The lowest BCUT2D eigenvalue weighted by atomic mass is 10.5. The van der Waals surface area contributed by atoms with E-state index < -0.39 is 0 Å². The Morgan fingerprint density at radius 1 is 1.75 bits per heavy atom. The quantitative estimate of drug-likeness (QED) is 0.474. The fraction of sp³-hybridized carbons (Fsp3) is 0.286. The minimum Gasteiger partial charge on any atom is -0.383 e. The summed E-state index contributed by atoms with van der Waals surface area (Å²) >= 11 is 0. The lowest BCUT2D eigenvalue weighted by Gasteiger charge is -1.95. The highest BCUT2D eigenvalue weighted by Crippen LogP contribution is 2.08. The molecule has 0 fully saturated rings. The van der Waals surface area contributed by atoms with Gasteiger partial charge in [0.05, 0.1) is 6.21 Å². The second-order valence-corrected chi connectivity index (χ2v) is 2.35. The molecule has 62 valence electrons. The van der Waals surface area contributed by atoms with E-state index in [1.807, 2.05) is 6.92 Å². The van der Waals surface area contributed by atoms with Gasteiger partial charge in [0, 0.05) is 7.05 Å². The molecule has 0 aliphatic carbocycles. The van der Waals surface area contributed by atoms with Gasteiger partial charge in [0.15, 0.2) is 0 Å². The van der Waals surface area contributed by atoms with Gasteiger partial charge in [-0.1, -0.05) is 0 Å². The van der Waals surface area contributed by atoms with Crippen molar-refractivity contribution in [2.45, 2.75) is 6.92 Å². The maximum atomic E-state index is 8.17. The number of nitrogens with zero attached hydrogens (tertiary/aromatic N) is 4. The number of nitrogen functional groups attached to an aromatic ring is 1. The van der Waals surface area contributed by atoms with Gasteiger partial charge in [0.25, 0.3) is 0 Å². The van der Waals surface area contributed by atoms with E-state index in [-0.39, 0.29) is 0 Å². The maximum Gasteiger partial charge on any atom is 0.205 e. The molecule has 0 aliphatic rings. The van der Waals surface area contributed by atoms with Gasteiger partial charge in [-0.15, -0.1) is 0 Å². The number of hydrogen-bond donors (Lipinski definition) is 1. The van der Waals surface area contributed by atoms with Crippen molar-refractivity contribution in [1.29, 1.82) is 5.26 Å². The molecule has 2 N–H and O–H groups in total. The van der Waals surface area contributed by atoms with Crippen molar-refractivity contribution in [3.05, 3.63) is 11.5 Å². The Morgan fingerprint density at radius 2 is 2.42 bits per heavy atom. The van der Waals surface area contributed by atoms with Crippen LogP contribution in [0.3, 0.4) is 0 Å². The standard InChI is InChI=1S/C7H9N5/c1-5-11-6(3-10-4-8)7(9)12(5)2/h3H,9H2,1-2H3. The molecule has 0 aliphatic heterocycles. The summed E-state index contributed by atoms with van der Waals surface area (Å²) < 4.78 is 1.73. The summed E-state index contributed by atoms with van der Waals surface area (Å²) in [5.74, 6) is 1.32. The largest absolute Gasteiger partial charge is 0.383 e. The molecule has 0 saturated carbocycles. The van der Waals surface area contributed by atoms with Crippen molar-refractivity contribution in [3.8, 4) is 6.19 Å². The van der Waals surface area contributed by atoms with Gasteiger partial charge in [-0.2, -0.15) is 10.3 Å². The Hall–Kier alpha value is -1.83. The molecule has 0 radical (unpaired) electrons. The molecule has 0 spiro atoms. The summed E-state index contributed by atoms with van der Waals surface area (Å²) in [6.45, 7) is 1.83. The Labute approximate surface area is 70.2 Å². The first-order valence-electron chi connectivity index (χ1n) is 3.37. The molecular weight excluding hydrogens is 154 g/mol. The van der Waals surface area contributed by atoms with E-state index in [1.165, 1.54) is 6.21 Å². The molecule has 0 atom stereocenters. The summed E-state index contributed by atoms with van der Waals surface area (Å²) in [6.07, 6.45) is 2.99. The van der Waals surface area contributed by atoms with Crippen molar-refractivity contribution in [2.24, 2.45) is 12.0 Å². The molecule has 12 heavy (non-hydrogen) atoms. The van der Waals surface area contributed by atoms with Crippen molar-refractivity contribution < 1.29 is 0 Å². The molecular formula is C7H9N5. The van der Waals surface area contributed by atoms with Crippen LogP contribution in [0.15, 0.2) is 4.99 Å². The highest BCUT2D eigenvalue weighted by atomic mass is 15.1. The Bertz CT molecular complexity index is 355. The number of aromatic nitrogens is 2. The number of hydrogen-bond acceptors (Lipinski definition) is 4. The number of aliphatic imine (C=N–C) groups is 1. The third-order valence-electron chi connectivity index (χ3n) is 1.64. The van der Waals surface area contributed by atoms with Crippen molar-refractivity contribution in [2.75, 3.05) is 5.73 Å². The number of nitrogens with two attached hydrogens (primary N) is 1. The van der Waals surface area contributed by atoms with Gasteiger partial charge in [-0.25, -0.2) is 4.98 Å². The van der Waals surface area contributed by atoms with Crippen LogP contribution < -0.4 is 5.73 Å². The number of nitriles is 1. The van der Waals surface area contributed by atoms with Crippen LogP contribution in [-0.4, -0.2) is 15.8 Å². The predicted molar refractivity (Wildman–Crippen MR) is 45.6 cm³/mol. The normalized spacial score (nSPS) is 10.4. The molecule has 0 amide bonds. The van der Waals surface area contributed by atoms with Crippen LogP contribution in [-0.2, 0) is 7.05 Å². The van der Waals surface area contributed by atoms with Crippen LogP contribution in [0.5, 0.6) is 0 Å². The number of rotatable bonds is 1. The summed E-state index contributed by atoms with van der Waals surface area (Å²) in [5.41, 5.74) is 6.18. The lowest BCUT2D eigenvalue weighted by Crippen LogP contribution is -1.99. The van der Waals surface area contributed by atoms with E-state index in [0.717, 1.165) is 5.82 Å². The fourth-order valence-electron chi connectivity index (χ4n) is 0.838. The minimum absolute atomic E-state index is 0.520. The van der Waals surface area contributed by atoms with E-state index in [9.17, 15) is 0 Å². The number of anilines is 1. The van der Waals surface area contributed by atoms with Crippen LogP contribution in [0, 0.1) is 18.4 Å². The molecule has 0 aromatic carbocycles. The Balaban J connectivity index is 3.11. The van der Waals surface area contributed by atoms with E-state index in [1.54, 1.807) is 17.8 Å². The van der Waals surface area contributed by atoms with Crippen molar-refractivity contribution in [1.82, 2.24) is 9.55 Å². The highest BCUT2D eigenvalue weighted by molar-refractivity contribution is 5.84. The van der Waals surface area contributed by atoms with Crippen LogP contribution in [0.1, 0.15) is 11.5 Å². The molecule has 5 nitrogen and oxygen atoms in total. The minimum atomic E-state index is 0.520. The highest BCUT2D eigenvalue weighted by Gasteiger charge is 2.05. The molecule has 1 rings (SSSR count). The second-order valence-electron chi connectivity index (χ2n) is 2.35. The topological polar surface area (TPSA) is 80.0 Å². The van der Waals surface area contributed by atoms with Gasteiger partial charge in [0.1, 0.15) is 17.3 Å². The van der Waals surface area contributed by atoms with E-state index in [2.05, 4.69) is 9.98 Å². The van der Waals surface area contributed by atoms with Crippen molar-refractivity contribution >= 4 is 12.0 Å². The summed E-state index contributed by atoms with van der Waals surface area (Å²) in [6, 6.07) is 0. The molecule has 1 heterocycles.